The first-order valence-electron chi connectivity index (χ1n) is 3.78. The molecule has 9 heavy (non-hydrogen) atoms. The van der Waals surface area contributed by atoms with Crippen molar-refractivity contribution in [2.24, 2.45) is 11.3 Å². The molecule has 1 aliphatic rings. The van der Waals surface area contributed by atoms with Gasteiger partial charge in [-0.3, -0.25) is 0 Å². The second kappa shape index (κ2) is 2.17. The van der Waals surface area contributed by atoms with Gasteiger partial charge < -0.3 is 0 Å². The van der Waals surface area contributed by atoms with Gasteiger partial charge in [-0.05, 0) is 24.2 Å². The standard InChI is InChI=1S/C9H16/c1-8-6-4-5-7-9(8,2)3/h4-5,8H,6-7H2,1-3H3/t8-/m0/s1. The highest BCUT2D eigenvalue weighted by molar-refractivity contribution is 4.97. The molecule has 0 fully saturated rings. The topological polar surface area (TPSA) is 0 Å². The molecule has 0 saturated heterocycles. The third kappa shape index (κ3) is 1.35. The van der Waals surface area contributed by atoms with Crippen LogP contribution in [0.15, 0.2) is 12.2 Å². The molecule has 0 heteroatoms. The summed E-state index contributed by atoms with van der Waals surface area (Å²) in [5.74, 6) is 0.863. The van der Waals surface area contributed by atoms with Crippen molar-refractivity contribution in [2.75, 3.05) is 0 Å². The third-order valence-electron chi connectivity index (χ3n) is 2.63. The Labute approximate surface area is 58.0 Å². The molecule has 0 N–H and O–H groups in total. The van der Waals surface area contributed by atoms with E-state index < -0.39 is 0 Å². The first-order valence-corrected chi connectivity index (χ1v) is 3.78. The van der Waals surface area contributed by atoms with Gasteiger partial charge in [0.2, 0.25) is 0 Å². The molecule has 1 atom stereocenters. The van der Waals surface area contributed by atoms with Crippen LogP contribution in [0.3, 0.4) is 0 Å². The molecule has 0 aromatic carbocycles. The van der Waals surface area contributed by atoms with E-state index in [9.17, 15) is 0 Å². The van der Waals surface area contributed by atoms with Crippen molar-refractivity contribution in [3.8, 4) is 0 Å². The zero-order valence-corrected chi connectivity index (χ0v) is 6.65. The summed E-state index contributed by atoms with van der Waals surface area (Å²) < 4.78 is 0. The zero-order valence-electron chi connectivity index (χ0n) is 6.65. The normalized spacial score (nSPS) is 32.6. The van der Waals surface area contributed by atoms with Crippen LogP contribution < -0.4 is 0 Å². The lowest BCUT2D eigenvalue weighted by Crippen LogP contribution is -2.22. The van der Waals surface area contributed by atoms with E-state index >= 15 is 0 Å². The Morgan fingerprint density at radius 3 is 2.33 bits per heavy atom. The minimum atomic E-state index is 0.550. The predicted molar refractivity (Wildman–Crippen MR) is 41.3 cm³/mol. The van der Waals surface area contributed by atoms with Crippen molar-refractivity contribution in [1.82, 2.24) is 0 Å². The van der Waals surface area contributed by atoms with Crippen molar-refractivity contribution in [2.45, 2.75) is 33.6 Å². The Hall–Kier alpha value is -0.260. The molecular formula is C9H16. The Kier molecular flexibility index (Phi) is 1.65. The summed E-state index contributed by atoms with van der Waals surface area (Å²) in [6.45, 7) is 7.03. The fraction of sp³-hybridized carbons (Fsp3) is 0.778. The molecular weight excluding hydrogens is 108 g/mol. The van der Waals surface area contributed by atoms with E-state index in [1.54, 1.807) is 0 Å². The maximum atomic E-state index is 2.35. The molecule has 0 heterocycles. The Balaban J connectivity index is 2.64. The average Bonchev–Trinajstić information content (AvgIpc) is 1.77. The summed E-state index contributed by atoms with van der Waals surface area (Å²) in [7, 11) is 0. The lowest BCUT2D eigenvalue weighted by Gasteiger charge is -2.32. The van der Waals surface area contributed by atoms with Gasteiger partial charge in [-0.25, -0.2) is 0 Å². The van der Waals surface area contributed by atoms with E-state index in [1.807, 2.05) is 0 Å². The summed E-state index contributed by atoms with van der Waals surface area (Å²) in [5, 5.41) is 0. The third-order valence-corrected chi connectivity index (χ3v) is 2.63. The monoisotopic (exact) mass is 124 g/mol. The molecule has 0 aliphatic heterocycles. The van der Waals surface area contributed by atoms with Crippen LogP contribution in [0.4, 0.5) is 0 Å². The number of rotatable bonds is 0. The zero-order chi connectivity index (χ0) is 6.91. The molecule has 0 aromatic rings. The molecule has 0 amide bonds. The summed E-state index contributed by atoms with van der Waals surface area (Å²) in [6.07, 6.45) is 7.14. The first kappa shape index (κ1) is 6.85. The van der Waals surface area contributed by atoms with Crippen LogP contribution >= 0.6 is 0 Å². The van der Waals surface area contributed by atoms with E-state index in [4.69, 9.17) is 0 Å². The van der Waals surface area contributed by atoms with Crippen molar-refractivity contribution in [3.05, 3.63) is 12.2 Å². The van der Waals surface area contributed by atoms with Gasteiger partial charge in [0.15, 0.2) is 0 Å². The SMILES string of the molecule is C[C@H]1CC=CCC1(C)C. The number of allylic oxidation sites excluding steroid dienone is 2. The molecule has 52 valence electrons. The van der Waals surface area contributed by atoms with Crippen molar-refractivity contribution < 1.29 is 0 Å². The molecule has 0 radical (unpaired) electrons. The summed E-state index contributed by atoms with van der Waals surface area (Å²) in [5.41, 5.74) is 0.550. The van der Waals surface area contributed by atoms with Crippen molar-refractivity contribution in [3.63, 3.8) is 0 Å². The fourth-order valence-corrected chi connectivity index (χ4v) is 1.21. The van der Waals surface area contributed by atoms with E-state index in [1.165, 1.54) is 12.8 Å². The fourth-order valence-electron chi connectivity index (χ4n) is 1.21. The van der Waals surface area contributed by atoms with Gasteiger partial charge in [0.1, 0.15) is 0 Å². The van der Waals surface area contributed by atoms with Gasteiger partial charge in [-0.1, -0.05) is 32.9 Å². The van der Waals surface area contributed by atoms with Gasteiger partial charge >= 0.3 is 0 Å². The highest BCUT2D eigenvalue weighted by Crippen LogP contribution is 2.36. The minimum absolute atomic E-state index is 0.550. The Bertz CT molecular complexity index is 120. The summed E-state index contributed by atoms with van der Waals surface area (Å²) in [6, 6.07) is 0. The van der Waals surface area contributed by atoms with Crippen LogP contribution in [0.25, 0.3) is 0 Å². The second-order valence-corrected chi connectivity index (χ2v) is 3.80. The average molecular weight is 124 g/mol. The molecule has 0 bridgehead atoms. The van der Waals surface area contributed by atoms with Gasteiger partial charge in [0.25, 0.3) is 0 Å². The highest BCUT2D eigenvalue weighted by atomic mass is 14.3. The quantitative estimate of drug-likeness (QED) is 0.435. The van der Waals surface area contributed by atoms with Crippen LogP contribution in [-0.4, -0.2) is 0 Å². The van der Waals surface area contributed by atoms with Crippen LogP contribution in [-0.2, 0) is 0 Å². The molecule has 0 unspecified atom stereocenters. The molecule has 1 rings (SSSR count). The maximum absolute atomic E-state index is 2.35. The van der Waals surface area contributed by atoms with Crippen LogP contribution in [0.5, 0.6) is 0 Å². The molecule has 0 nitrogen and oxygen atoms in total. The van der Waals surface area contributed by atoms with Crippen LogP contribution in [0, 0.1) is 11.3 Å². The Morgan fingerprint density at radius 1 is 1.33 bits per heavy atom. The first-order chi connectivity index (χ1) is 4.13. The number of hydrogen-bond acceptors (Lipinski definition) is 0. The molecule has 0 spiro atoms. The molecule has 0 saturated carbocycles. The van der Waals surface area contributed by atoms with Crippen LogP contribution in [0.1, 0.15) is 33.6 Å². The largest absolute Gasteiger partial charge is 0.0882 e. The van der Waals surface area contributed by atoms with E-state index in [0.29, 0.717) is 5.41 Å². The highest BCUT2D eigenvalue weighted by Gasteiger charge is 2.25. The molecule has 0 aromatic heterocycles. The van der Waals surface area contributed by atoms with Gasteiger partial charge in [-0.2, -0.15) is 0 Å². The Morgan fingerprint density at radius 2 is 2.00 bits per heavy atom. The minimum Gasteiger partial charge on any atom is -0.0882 e. The lowest BCUT2D eigenvalue weighted by atomic mass is 9.73. The van der Waals surface area contributed by atoms with E-state index in [0.717, 1.165) is 5.92 Å². The maximum Gasteiger partial charge on any atom is -0.0291 e. The van der Waals surface area contributed by atoms with Gasteiger partial charge in [0.05, 0.1) is 0 Å². The predicted octanol–water partition coefficient (Wildman–Crippen LogP) is 3.00. The second-order valence-electron chi connectivity index (χ2n) is 3.80. The van der Waals surface area contributed by atoms with Crippen LogP contribution in [0.2, 0.25) is 0 Å². The van der Waals surface area contributed by atoms with Crippen molar-refractivity contribution in [1.29, 1.82) is 0 Å². The summed E-state index contributed by atoms with van der Waals surface area (Å²) in [4.78, 5) is 0. The summed E-state index contributed by atoms with van der Waals surface area (Å²) >= 11 is 0. The lowest BCUT2D eigenvalue weighted by molar-refractivity contribution is 0.225. The molecule has 1 aliphatic carbocycles. The smallest absolute Gasteiger partial charge is 0.0291 e. The van der Waals surface area contributed by atoms with Gasteiger partial charge in [-0.15, -0.1) is 0 Å². The van der Waals surface area contributed by atoms with E-state index in [2.05, 4.69) is 32.9 Å². The number of hydrogen-bond donors (Lipinski definition) is 0. The van der Waals surface area contributed by atoms with Crippen molar-refractivity contribution >= 4 is 0 Å². The van der Waals surface area contributed by atoms with E-state index in [-0.39, 0.29) is 0 Å². The van der Waals surface area contributed by atoms with Gasteiger partial charge in [0, 0.05) is 0 Å².